The topological polar surface area (TPSA) is 48.0 Å². The minimum absolute atomic E-state index is 0.0279. The van der Waals surface area contributed by atoms with E-state index in [1.807, 2.05) is 32.9 Å². The lowest BCUT2D eigenvalue weighted by molar-refractivity contribution is -0.155. The fourth-order valence-electron chi connectivity index (χ4n) is 5.61. The molecule has 0 amide bonds. The first kappa shape index (κ1) is 24.0. The van der Waals surface area contributed by atoms with Gasteiger partial charge in [0.2, 0.25) is 0 Å². The lowest BCUT2D eigenvalue weighted by Crippen LogP contribution is -2.44. The molecule has 35 heavy (non-hydrogen) atoms. The van der Waals surface area contributed by atoms with Gasteiger partial charge in [0, 0.05) is 35.2 Å². The Morgan fingerprint density at radius 3 is 2.69 bits per heavy atom. The van der Waals surface area contributed by atoms with Crippen LogP contribution in [0.15, 0.2) is 30.3 Å². The number of ether oxygens (including phenoxy) is 3. The molecular weight excluding hydrogens is 452 g/mol. The summed E-state index contributed by atoms with van der Waals surface area (Å²) in [6.07, 6.45) is 3.12. The molecule has 0 N–H and O–H groups in total. The van der Waals surface area contributed by atoms with Crippen molar-refractivity contribution in [3.63, 3.8) is 0 Å². The van der Waals surface area contributed by atoms with Gasteiger partial charge in [0.25, 0.3) is 0 Å². The van der Waals surface area contributed by atoms with Crippen molar-refractivity contribution in [1.82, 2.24) is 4.90 Å². The molecule has 2 aromatic rings. The lowest BCUT2D eigenvalue weighted by Gasteiger charge is -2.38. The zero-order chi connectivity index (χ0) is 24.8. The van der Waals surface area contributed by atoms with Gasteiger partial charge in [0.05, 0.1) is 13.0 Å². The fraction of sp³-hybridized carbons (Fsp3) is 0.536. The van der Waals surface area contributed by atoms with Gasteiger partial charge in [-0.05, 0) is 77.2 Å². The highest BCUT2D eigenvalue weighted by molar-refractivity contribution is 5.70. The molecule has 2 aromatic carbocycles. The Morgan fingerprint density at radius 2 is 1.94 bits per heavy atom. The Labute approximate surface area is 205 Å². The first-order valence-corrected chi connectivity index (χ1v) is 12.5. The zero-order valence-electron chi connectivity index (χ0n) is 20.7. The molecule has 1 aliphatic carbocycles. The maximum absolute atomic E-state index is 14.4. The van der Waals surface area contributed by atoms with Crippen molar-refractivity contribution in [1.29, 1.82) is 0 Å². The van der Waals surface area contributed by atoms with Crippen LogP contribution in [0.25, 0.3) is 0 Å². The summed E-state index contributed by atoms with van der Waals surface area (Å²) in [6.45, 7) is 8.79. The molecule has 1 unspecified atom stereocenters. The van der Waals surface area contributed by atoms with E-state index in [4.69, 9.17) is 14.2 Å². The number of piperidine rings is 1. The molecule has 2 heterocycles. The highest BCUT2D eigenvalue weighted by Gasteiger charge is 2.43. The minimum Gasteiger partial charge on any atom is -0.492 e. The van der Waals surface area contributed by atoms with E-state index in [0.29, 0.717) is 49.3 Å². The predicted octanol–water partition coefficient (Wildman–Crippen LogP) is 5.49. The number of carbonyl (C=O) groups excluding carboxylic acids is 1. The fourth-order valence-corrected chi connectivity index (χ4v) is 5.61. The van der Waals surface area contributed by atoms with Crippen LogP contribution in [-0.4, -0.2) is 42.7 Å². The second-order valence-corrected chi connectivity index (χ2v) is 11.0. The smallest absolute Gasteiger partial charge is 0.307 e. The van der Waals surface area contributed by atoms with Crippen LogP contribution in [-0.2, 0) is 21.4 Å². The van der Waals surface area contributed by atoms with Crippen LogP contribution in [0, 0.1) is 11.6 Å². The molecule has 1 saturated heterocycles. The number of esters is 1. The van der Waals surface area contributed by atoms with E-state index in [0.717, 1.165) is 37.7 Å². The van der Waals surface area contributed by atoms with Crippen LogP contribution >= 0.6 is 0 Å². The summed E-state index contributed by atoms with van der Waals surface area (Å²) in [4.78, 5) is 14.4. The van der Waals surface area contributed by atoms with E-state index in [1.165, 1.54) is 11.6 Å². The number of hydrogen-bond acceptors (Lipinski definition) is 5. The Morgan fingerprint density at radius 1 is 1.17 bits per heavy atom. The van der Waals surface area contributed by atoms with Crippen LogP contribution in [0.5, 0.6) is 11.5 Å². The number of likely N-dealkylation sites (tertiary alicyclic amines) is 1. The molecular formula is C28H33F2NO4. The van der Waals surface area contributed by atoms with Gasteiger partial charge in [0.1, 0.15) is 34.8 Å². The number of aryl methyl sites for hydroxylation is 1. The minimum atomic E-state index is -0.547. The van der Waals surface area contributed by atoms with Gasteiger partial charge in [-0.3, -0.25) is 4.79 Å². The van der Waals surface area contributed by atoms with E-state index in [1.54, 1.807) is 0 Å². The van der Waals surface area contributed by atoms with Crippen molar-refractivity contribution in [2.75, 3.05) is 26.2 Å². The Hall–Kier alpha value is -2.67. The maximum atomic E-state index is 14.4. The molecule has 0 saturated carbocycles. The van der Waals surface area contributed by atoms with Crippen molar-refractivity contribution < 1.29 is 27.8 Å². The summed E-state index contributed by atoms with van der Waals surface area (Å²) in [5, 5.41) is 0. The first-order chi connectivity index (χ1) is 16.6. The van der Waals surface area contributed by atoms with Gasteiger partial charge in [-0.2, -0.15) is 0 Å². The Balaban J connectivity index is 1.20. The average molecular weight is 486 g/mol. The second-order valence-electron chi connectivity index (χ2n) is 11.0. The van der Waals surface area contributed by atoms with Gasteiger partial charge >= 0.3 is 5.97 Å². The first-order valence-electron chi connectivity index (χ1n) is 12.5. The summed E-state index contributed by atoms with van der Waals surface area (Å²) in [5.41, 5.74) is 1.85. The number of hydrogen-bond donors (Lipinski definition) is 0. The summed E-state index contributed by atoms with van der Waals surface area (Å²) in [6, 6.07) is 8.24. The van der Waals surface area contributed by atoms with Crippen LogP contribution in [0.4, 0.5) is 8.78 Å². The summed E-state index contributed by atoms with van der Waals surface area (Å²) < 4.78 is 45.6. The third-order valence-corrected chi connectivity index (χ3v) is 7.35. The van der Waals surface area contributed by atoms with Gasteiger partial charge in [0.15, 0.2) is 0 Å². The van der Waals surface area contributed by atoms with E-state index in [-0.39, 0.29) is 11.4 Å². The maximum Gasteiger partial charge on any atom is 0.307 e. The number of rotatable bonds is 5. The van der Waals surface area contributed by atoms with E-state index in [2.05, 4.69) is 11.0 Å². The molecule has 1 spiro atoms. The second kappa shape index (κ2) is 9.08. The molecule has 7 heteroatoms. The van der Waals surface area contributed by atoms with E-state index in [9.17, 15) is 13.6 Å². The van der Waals surface area contributed by atoms with Crippen LogP contribution in [0.3, 0.4) is 0 Å². The number of nitrogens with zero attached hydrogens (tertiary/aromatic N) is 1. The summed E-state index contributed by atoms with van der Waals surface area (Å²) in [7, 11) is 0. The van der Waals surface area contributed by atoms with Crippen molar-refractivity contribution in [2.45, 2.75) is 70.0 Å². The molecule has 0 radical (unpaired) electrons. The molecule has 5 rings (SSSR count). The molecule has 5 nitrogen and oxygen atoms in total. The number of fused-ring (bicyclic) bond motifs is 3. The van der Waals surface area contributed by atoms with Gasteiger partial charge in [-0.25, -0.2) is 8.78 Å². The van der Waals surface area contributed by atoms with Crippen LogP contribution in [0.1, 0.15) is 69.2 Å². The van der Waals surface area contributed by atoms with Crippen molar-refractivity contribution in [3.05, 3.63) is 58.7 Å². The quantitative estimate of drug-likeness (QED) is 0.525. The molecule has 188 valence electrons. The van der Waals surface area contributed by atoms with Crippen molar-refractivity contribution in [3.8, 4) is 11.5 Å². The molecule has 0 aromatic heterocycles. The third-order valence-electron chi connectivity index (χ3n) is 7.35. The zero-order valence-corrected chi connectivity index (χ0v) is 20.7. The molecule has 0 bridgehead atoms. The predicted molar refractivity (Wildman–Crippen MR) is 128 cm³/mol. The largest absolute Gasteiger partial charge is 0.492 e. The average Bonchev–Trinajstić information content (AvgIpc) is 3.34. The monoisotopic (exact) mass is 485 g/mol. The van der Waals surface area contributed by atoms with Gasteiger partial charge in [-0.15, -0.1) is 0 Å². The summed E-state index contributed by atoms with van der Waals surface area (Å²) in [5.74, 6) is 0.209. The van der Waals surface area contributed by atoms with Crippen LogP contribution in [0.2, 0.25) is 0 Å². The van der Waals surface area contributed by atoms with Crippen molar-refractivity contribution >= 4 is 5.97 Å². The highest BCUT2D eigenvalue weighted by atomic mass is 19.1. The highest BCUT2D eigenvalue weighted by Crippen LogP contribution is 2.47. The van der Waals surface area contributed by atoms with Crippen molar-refractivity contribution in [2.24, 2.45) is 0 Å². The van der Waals surface area contributed by atoms with E-state index >= 15 is 0 Å². The third kappa shape index (κ3) is 5.01. The Kier molecular flexibility index (Phi) is 6.24. The molecule has 3 aliphatic rings. The number of benzene rings is 2. The van der Waals surface area contributed by atoms with Gasteiger partial charge in [-0.1, -0.05) is 6.07 Å². The number of carbonyl (C=O) groups is 1. The Bertz CT molecular complexity index is 1120. The van der Waals surface area contributed by atoms with Gasteiger partial charge < -0.3 is 19.1 Å². The van der Waals surface area contributed by atoms with E-state index < -0.39 is 23.3 Å². The normalized spacial score (nSPS) is 20.9. The molecule has 2 aliphatic heterocycles. The summed E-state index contributed by atoms with van der Waals surface area (Å²) >= 11 is 0. The molecule has 1 fully saturated rings. The SMILES string of the molecule is CC(C)(C)OC(=O)CCN1CCC2(CC1)COc1cc(OC3CCc4cc(F)cc(F)c43)ccc12. The lowest BCUT2D eigenvalue weighted by atomic mass is 9.74. The standard InChI is InChI=1S/C28H33F2NO4/c1-27(2,3)35-25(32)8-11-31-12-9-28(10-13-31)17-33-24-16-20(5-6-21(24)28)34-23-7-4-18-14-19(29)15-22(30)26(18)23/h5-6,14-16,23H,4,7-13,17H2,1-3H3. The van der Waals surface area contributed by atoms with Crippen LogP contribution < -0.4 is 9.47 Å². The number of halogens is 2. The molecule has 1 atom stereocenters.